The molecule has 1 saturated heterocycles. The van der Waals surface area contributed by atoms with E-state index >= 15 is 0 Å². The molecule has 1 fully saturated rings. The average molecular weight is 632 g/mol. The lowest BCUT2D eigenvalue weighted by Crippen LogP contribution is -2.55. The number of nitro groups is 1. The van der Waals surface area contributed by atoms with Crippen LogP contribution in [-0.2, 0) is 22.5 Å². The molecule has 1 unspecified atom stereocenters. The molecule has 3 aromatic carbocycles. The van der Waals surface area contributed by atoms with Gasteiger partial charge in [0.15, 0.2) is 0 Å². The summed E-state index contributed by atoms with van der Waals surface area (Å²) >= 11 is 6.13. The van der Waals surface area contributed by atoms with Crippen molar-refractivity contribution in [2.75, 3.05) is 37.6 Å². The van der Waals surface area contributed by atoms with Crippen molar-refractivity contribution in [3.8, 4) is 0 Å². The molecule has 45 heavy (non-hydrogen) atoms. The number of amides is 2. The summed E-state index contributed by atoms with van der Waals surface area (Å²) in [4.78, 5) is 43.9. The van der Waals surface area contributed by atoms with Crippen molar-refractivity contribution in [2.24, 2.45) is 0 Å². The van der Waals surface area contributed by atoms with Crippen LogP contribution >= 0.6 is 11.6 Å². The number of carbonyl (C=O) groups excluding carboxylic acids is 2. The summed E-state index contributed by atoms with van der Waals surface area (Å²) in [5, 5.41) is 15.6. The van der Waals surface area contributed by atoms with Gasteiger partial charge in [-0.25, -0.2) is 4.79 Å². The number of benzene rings is 3. The summed E-state index contributed by atoms with van der Waals surface area (Å²) in [6.07, 6.45) is 1.93. The number of hydrogen-bond acceptors (Lipinski definition) is 7. The molecule has 2 aliphatic heterocycles. The maximum atomic E-state index is 14.0. The zero-order valence-electron chi connectivity index (χ0n) is 25.7. The molecule has 236 valence electrons. The van der Waals surface area contributed by atoms with Crippen LogP contribution in [0.2, 0.25) is 5.02 Å². The first kappa shape index (κ1) is 32.0. The van der Waals surface area contributed by atoms with Gasteiger partial charge in [0.05, 0.1) is 17.5 Å². The minimum Gasteiger partial charge on any atom is -0.443 e. The lowest BCUT2D eigenvalue weighted by atomic mass is 10.0. The maximum absolute atomic E-state index is 14.0. The second-order valence-electron chi connectivity index (χ2n) is 12.2. The number of anilines is 1. The molecule has 10 nitrogen and oxygen atoms in total. The number of hydrogen-bond donors (Lipinski definition) is 1. The van der Waals surface area contributed by atoms with Crippen LogP contribution in [0.25, 0.3) is 6.08 Å². The van der Waals surface area contributed by atoms with Gasteiger partial charge in [-0.3, -0.25) is 25.1 Å². The Morgan fingerprint density at radius 3 is 2.33 bits per heavy atom. The normalized spacial score (nSPS) is 15.6. The summed E-state index contributed by atoms with van der Waals surface area (Å²) in [5.74, 6) is -0.0761. The summed E-state index contributed by atoms with van der Waals surface area (Å²) in [7, 11) is 0. The van der Waals surface area contributed by atoms with Crippen LogP contribution in [0.5, 0.6) is 0 Å². The molecular weight excluding hydrogens is 594 g/mol. The fraction of sp³-hybridized carbons (Fsp3) is 0.353. The van der Waals surface area contributed by atoms with Crippen LogP contribution in [0.15, 0.2) is 78.5 Å². The molecule has 0 radical (unpaired) electrons. The van der Waals surface area contributed by atoms with E-state index in [9.17, 15) is 19.7 Å². The molecule has 3 aromatic rings. The number of para-hydroxylation sites is 2. The van der Waals surface area contributed by atoms with Gasteiger partial charge in [-0.05, 0) is 68.2 Å². The van der Waals surface area contributed by atoms with E-state index in [1.807, 2.05) is 68.1 Å². The number of nitrogens with zero attached hydrogens (tertiary/aromatic N) is 4. The second-order valence-corrected chi connectivity index (χ2v) is 12.7. The van der Waals surface area contributed by atoms with Gasteiger partial charge in [0.2, 0.25) is 5.91 Å². The SMILES string of the molecule is CC(C)(C)OC(=O)N1Cc2ccccc2C=C1CNC(Cc1ccc(Cl)cc1)C(=O)N1CCN(c2ccccc2[N+](=O)[O-])CC1. The van der Waals surface area contributed by atoms with Crippen molar-refractivity contribution in [1.82, 2.24) is 15.1 Å². The van der Waals surface area contributed by atoms with Crippen molar-refractivity contribution in [3.05, 3.63) is 110 Å². The lowest BCUT2D eigenvalue weighted by molar-refractivity contribution is -0.384. The molecule has 0 bridgehead atoms. The smallest absolute Gasteiger partial charge is 0.414 e. The van der Waals surface area contributed by atoms with Gasteiger partial charge in [0, 0.05) is 49.5 Å². The van der Waals surface area contributed by atoms with Gasteiger partial charge in [-0.1, -0.05) is 60.1 Å². The lowest BCUT2D eigenvalue weighted by Gasteiger charge is -2.38. The largest absolute Gasteiger partial charge is 0.443 e. The first-order valence-electron chi connectivity index (χ1n) is 15.0. The molecule has 0 saturated carbocycles. The monoisotopic (exact) mass is 631 g/mol. The Kier molecular flexibility index (Phi) is 9.74. The molecule has 5 rings (SSSR count). The molecule has 2 amide bonds. The van der Waals surface area contributed by atoms with E-state index in [4.69, 9.17) is 16.3 Å². The fourth-order valence-corrected chi connectivity index (χ4v) is 5.72. The van der Waals surface area contributed by atoms with Gasteiger partial charge in [0.1, 0.15) is 11.3 Å². The number of piperazine rings is 1. The molecule has 1 N–H and O–H groups in total. The van der Waals surface area contributed by atoms with Gasteiger partial charge in [-0.15, -0.1) is 0 Å². The fourth-order valence-electron chi connectivity index (χ4n) is 5.60. The third-order valence-electron chi connectivity index (χ3n) is 7.86. The minimum absolute atomic E-state index is 0.0522. The first-order valence-corrected chi connectivity index (χ1v) is 15.4. The molecule has 0 aliphatic carbocycles. The molecule has 2 heterocycles. The average Bonchev–Trinajstić information content (AvgIpc) is 3.02. The van der Waals surface area contributed by atoms with E-state index in [0.717, 1.165) is 16.7 Å². The van der Waals surface area contributed by atoms with Crippen LogP contribution < -0.4 is 10.2 Å². The highest BCUT2D eigenvalue weighted by Gasteiger charge is 2.32. The number of nitrogens with one attached hydrogen (secondary N) is 1. The highest BCUT2D eigenvalue weighted by Crippen LogP contribution is 2.29. The topological polar surface area (TPSA) is 108 Å². The van der Waals surface area contributed by atoms with Gasteiger partial charge in [-0.2, -0.15) is 0 Å². The van der Waals surface area contributed by atoms with Crippen molar-refractivity contribution >= 4 is 41.1 Å². The number of ether oxygens (including phenoxy) is 1. The standard InChI is InChI=1S/C34H38ClN5O5/c1-34(2,3)45-33(42)39-23-26-9-5-4-8-25(26)21-28(39)22-36-29(20-24-12-14-27(35)15-13-24)32(41)38-18-16-37(17-19-38)30-10-6-7-11-31(30)40(43)44/h4-15,21,29,36H,16-20,22-23H2,1-3H3. The maximum Gasteiger partial charge on any atom is 0.414 e. The van der Waals surface area contributed by atoms with Crippen molar-refractivity contribution in [2.45, 2.75) is 45.4 Å². The Labute approximate surface area is 268 Å². The number of nitro benzene ring substituents is 1. The molecule has 2 aliphatic rings. The van der Waals surface area contributed by atoms with Crippen LogP contribution in [-0.4, -0.2) is 71.1 Å². The Balaban J connectivity index is 1.34. The molecule has 0 aromatic heterocycles. The number of rotatable bonds is 8. The summed E-state index contributed by atoms with van der Waals surface area (Å²) in [5.41, 5.74) is 3.61. The predicted octanol–water partition coefficient (Wildman–Crippen LogP) is 5.89. The van der Waals surface area contributed by atoms with Crippen LogP contribution in [0.4, 0.5) is 16.2 Å². The van der Waals surface area contributed by atoms with Crippen LogP contribution in [0.3, 0.4) is 0 Å². The predicted molar refractivity (Wildman–Crippen MR) is 175 cm³/mol. The zero-order chi connectivity index (χ0) is 32.1. The summed E-state index contributed by atoms with van der Waals surface area (Å²) < 4.78 is 5.73. The van der Waals surface area contributed by atoms with Crippen LogP contribution in [0.1, 0.15) is 37.5 Å². The van der Waals surface area contributed by atoms with Crippen LogP contribution in [0, 0.1) is 10.1 Å². The summed E-state index contributed by atoms with van der Waals surface area (Å²) in [6, 6.07) is 21.4. The number of fused-ring (bicyclic) bond motifs is 1. The number of halogens is 1. The third-order valence-corrected chi connectivity index (χ3v) is 8.11. The molecule has 1 atom stereocenters. The van der Waals surface area contributed by atoms with E-state index in [1.165, 1.54) is 6.07 Å². The molecular formula is C34H38ClN5O5. The zero-order valence-corrected chi connectivity index (χ0v) is 26.5. The number of carbonyl (C=O) groups is 2. The van der Waals surface area contributed by atoms with Gasteiger partial charge < -0.3 is 14.5 Å². The first-order chi connectivity index (χ1) is 21.5. The Morgan fingerprint density at radius 1 is 0.978 bits per heavy atom. The van der Waals surface area contributed by atoms with Crippen molar-refractivity contribution in [1.29, 1.82) is 0 Å². The van der Waals surface area contributed by atoms with Crippen molar-refractivity contribution in [3.63, 3.8) is 0 Å². The van der Waals surface area contributed by atoms with E-state index in [1.54, 1.807) is 40.1 Å². The van der Waals surface area contributed by atoms with E-state index in [2.05, 4.69) is 5.32 Å². The quantitative estimate of drug-likeness (QED) is 0.244. The highest BCUT2D eigenvalue weighted by atomic mass is 35.5. The highest BCUT2D eigenvalue weighted by molar-refractivity contribution is 6.30. The van der Waals surface area contributed by atoms with E-state index in [-0.39, 0.29) is 23.1 Å². The van der Waals surface area contributed by atoms with Gasteiger partial charge >= 0.3 is 6.09 Å². The van der Waals surface area contributed by atoms with E-state index in [0.29, 0.717) is 55.6 Å². The second kappa shape index (κ2) is 13.7. The van der Waals surface area contributed by atoms with Gasteiger partial charge in [0.25, 0.3) is 5.69 Å². The Bertz CT molecular complexity index is 1580. The van der Waals surface area contributed by atoms with E-state index < -0.39 is 17.7 Å². The Hall–Kier alpha value is -4.41. The summed E-state index contributed by atoms with van der Waals surface area (Å²) in [6.45, 7) is 7.91. The van der Waals surface area contributed by atoms with Crippen molar-refractivity contribution < 1.29 is 19.2 Å². The molecule has 0 spiro atoms. The minimum atomic E-state index is -0.665. The third kappa shape index (κ3) is 8.01. The Morgan fingerprint density at radius 2 is 1.64 bits per heavy atom. The molecule has 11 heteroatoms.